The predicted octanol–water partition coefficient (Wildman–Crippen LogP) is 0.172. The number of nitrogen functional groups attached to an aromatic ring is 1. The third kappa shape index (κ3) is 1.51. The Balaban J connectivity index is 2.18. The Bertz CT molecular complexity index is 691. The molecule has 0 unspecified atom stereocenters. The molecule has 8 heteroatoms. The Hall–Kier alpha value is -2.77. The molecule has 3 rings (SSSR count). The van der Waals surface area contributed by atoms with Crippen LogP contribution in [0.15, 0.2) is 24.9 Å². The summed E-state index contributed by atoms with van der Waals surface area (Å²) in [7, 11) is 1.51. The lowest BCUT2D eigenvalue weighted by Crippen LogP contribution is -2.01. The Labute approximate surface area is 101 Å². The summed E-state index contributed by atoms with van der Waals surface area (Å²) in [5.41, 5.74) is 7.84. The number of hydrogen-bond acceptors (Lipinski definition) is 7. The van der Waals surface area contributed by atoms with Crippen LogP contribution in [0.3, 0.4) is 0 Å². The monoisotopic (exact) mass is 243 g/mol. The number of hydrogen-bond donors (Lipinski definition) is 1. The SMILES string of the molecule is COc1ncc(-c2cnc(N)n3cnnc23)cn1. The van der Waals surface area contributed by atoms with E-state index in [-0.39, 0.29) is 0 Å². The van der Waals surface area contributed by atoms with Gasteiger partial charge in [0.1, 0.15) is 6.33 Å². The topological polar surface area (TPSA) is 104 Å². The minimum Gasteiger partial charge on any atom is -0.467 e. The van der Waals surface area contributed by atoms with Crippen molar-refractivity contribution in [3.8, 4) is 17.1 Å². The summed E-state index contributed by atoms with van der Waals surface area (Å²) >= 11 is 0. The molecule has 0 amide bonds. The van der Waals surface area contributed by atoms with E-state index in [4.69, 9.17) is 10.5 Å². The van der Waals surface area contributed by atoms with Crippen molar-refractivity contribution < 1.29 is 4.74 Å². The highest BCUT2D eigenvalue weighted by Crippen LogP contribution is 2.22. The number of nitrogens with two attached hydrogens (primary N) is 1. The number of anilines is 1. The summed E-state index contributed by atoms with van der Waals surface area (Å²) in [5.74, 6) is 0.327. The normalized spacial score (nSPS) is 10.7. The molecule has 0 aliphatic rings. The van der Waals surface area contributed by atoms with Gasteiger partial charge in [-0.25, -0.2) is 15.0 Å². The number of rotatable bonds is 2. The van der Waals surface area contributed by atoms with Crippen molar-refractivity contribution in [2.45, 2.75) is 0 Å². The average Bonchev–Trinajstić information content (AvgIpc) is 2.90. The van der Waals surface area contributed by atoms with Crippen LogP contribution in [0.1, 0.15) is 0 Å². The van der Waals surface area contributed by atoms with Gasteiger partial charge in [0.05, 0.1) is 7.11 Å². The maximum absolute atomic E-state index is 5.71. The first kappa shape index (κ1) is 10.4. The highest BCUT2D eigenvalue weighted by molar-refractivity contribution is 5.76. The zero-order valence-electron chi connectivity index (χ0n) is 9.48. The molecule has 18 heavy (non-hydrogen) atoms. The molecule has 3 aromatic heterocycles. The van der Waals surface area contributed by atoms with Gasteiger partial charge < -0.3 is 10.5 Å². The quantitative estimate of drug-likeness (QED) is 0.684. The van der Waals surface area contributed by atoms with Gasteiger partial charge in [0.2, 0.25) is 5.95 Å². The third-order valence-electron chi connectivity index (χ3n) is 2.48. The standard InChI is InChI=1S/C10H9N7O/c1-18-10-13-2-6(3-14-10)7-4-12-9(11)17-5-15-16-8(7)17/h2-5H,1H3,(H2,11,12). The molecular weight excluding hydrogens is 234 g/mol. The van der Waals surface area contributed by atoms with Crippen molar-refractivity contribution in [2.24, 2.45) is 0 Å². The van der Waals surface area contributed by atoms with Gasteiger partial charge in [0.15, 0.2) is 5.65 Å². The lowest BCUT2D eigenvalue weighted by molar-refractivity contribution is 0.380. The van der Waals surface area contributed by atoms with Crippen LogP contribution in [-0.4, -0.2) is 36.7 Å². The van der Waals surface area contributed by atoms with Crippen molar-refractivity contribution in [1.29, 1.82) is 0 Å². The van der Waals surface area contributed by atoms with E-state index in [9.17, 15) is 0 Å². The predicted molar refractivity (Wildman–Crippen MR) is 62.8 cm³/mol. The van der Waals surface area contributed by atoms with Gasteiger partial charge in [0.25, 0.3) is 0 Å². The molecule has 0 bridgehead atoms. The first-order valence-electron chi connectivity index (χ1n) is 5.10. The zero-order valence-corrected chi connectivity index (χ0v) is 9.48. The minimum atomic E-state index is 0.305. The van der Waals surface area contributed by atoms with Gasteiger partial charge in [-0.3, -0.25) is 4.40 Å². The van der Waals surface area contributed by atoms with E-state index in [2.05, 4.69) is 25.1 Å². The van der Waals surface area contributed by atoms with Crippen LogP contribution in [0.5, 0.6) is 6.01 Å². The molecule has 3 aromatic rings. The van der Waals surface area contributed by atoms with Crippen molar-refractivity contribution in [3.05, 3.63) is 24.9 Å². The lowest BCUT2D eigenvalue weighted by atomic mass is 10.2. The Kier molecular flexibility index (Phi) is 2.26. The van der Waals surface area contributed by atoms with Gasteiger partial charge in [-0.15, -0.1) is 10.2 Å². The number of fused-ring (bicyclic) bond motifs is 1. The second kappa shape index (κ2) is 3.91. The molecule has 0 aliphatic heterocycles. The van der Waals surface area contributed by atoms with Gasteiger partial charge in [0, 0.05) is 29.7 Å². The van der Waals surface area contributed by atoms with E-state index in [1.807, 2.05) is 0 Å². The highest BCUT2D eigenvalue weighted by atomic mass is 16.5. The van der Waals surface area contributed by atoms with Gasteiger partial charge in [-0.2, -0.15) is 0 Å². The van der Waals surface area contributed by atoms with Crippen LogP contribution in [0.25, 0.3) is 16.8 Å². The van der Waals surface area contributed by atoms with Crippen LogP contribution in [-0.2, 0) is 0 Å². The zero-order chi connectivity index (χ0) is 12.5. The van der Waals surface area contributed by atoms with Gasteiger partial charge in [-0.05, 0) is 0 Å². The number of methoxy groups -OCH3 is 1. The van der Waals surface area contributed by atoms with E-state index >= 15 is 0 Å². The molecule has 0 spiro atoms. The van der Waals surface area contributed by atoms with Crippen molar-refractivity contribution in [1.82, 2.24) is 29.5 Å². The Morgan fingerprint density at radius 3 is 2.67 bits per heavy atom. The number of ether oxygens (including phenoxy) is 1. The smallest absolute Gasteiger partial charge is 0.316 e. The largest absolute Gasteiger partial charge is 0.467 e. The molecule has 2 N–H and O–H groups in total. The van der Waals surface area contributed by atoms with E-state index in [1.54, 1.807) is 23.0 Å². The second-order valence-corrected chi connectivity index (χ2v) is 3.51. The maximum atomic E-state index is 5.71. The lowest BCUT2D eigenvalue weighted by Gasteiger charge is -2.04. The van der Waals surface area contributed by atoms with Gasteiger partial charge >= 0.3 is 6.01 Å². The fourth-order valence-electron chi connectivity index (χ4n) is 1.60. The van der Waals surface area contributed by atoms with Crippen molar-refractivity contribution in [3.63, 3.8) is 0 Å². The first-order valence-corrected chi connectivity index (χ1v) is 5.10. The van der Waals surface area contributed by atoms with Gasteiger partial charge in [-0.1, -0.05) is 0 Å². The Morgan fingerprint density at radius 2 is 1.94 bits per heavy atom. The van der Waals surface area contributed by atoms with Crippen LogP contribution in [0.2, 0.25) is 0 Å². The summed E-state index contributed by atoms with van der Waals surface area (Å²) in [6.45, 7) is 0. The summed E-state index contributed by atoms with van der Waals surface area (Å²) in [4.78, 5) is 12.1. The fourth-order valence-corrected chi connectivity index (χ4v) is 1.60. The van der Waals surface area contributed by atoms with Crippen molar-refractivity contribution in [2.75, 3.05) is 12.8 Å². The van der Waals surface area contributed by atoms with Crippen LogP contribution >= 0.6 is 0 Å². The number of nitrogens with zero attached hydrogens (tertiary/aromatic N) is 6. The third-order valence-corrected chi connectivity index (χ3v) is 2.48. The van der Waals surface area contributed by atoms with E-state index < -0.39 is 0 Å². The molecule has 0 saturated heterocycles. The second-order valence-electron chi connectivity index (χ2n) is 3.51. The molecule has 8 nitrogen and oxygen atoms in total. The fraction of sp³-hybridized carbons (Fsp3) is 0.100. The van der Waals surface area contributed by atoms with Crippen LogP contribution < -0.4 is 10.5 Å². The molecular formula is C10H9N7O. The first-order chi connectivity index (χ1) is 8.79. The summed E-state index contributed by atoms with van der Waals surface area (Å²) < 4.78 is 6.50. The molecule has 0 saturated carbocycles. The molecule has 0 radical (unpaired) electrons. The molecule has 0 aliphatic carbocycles. The number of aromatic nitrogens is 6. The van der Waals surface area contributed by atoms with Crippen LogP contribution in [0, 0.1) is 0 Å². The van der Waals surface area contributed by atoms with E-state index in [0.29, 0.717) is 17.6 Å². The maximum Gasteiger partial charge on any atom is 0.316 e. The molecule has 90 valence electrons. The molecule has 0 atom stereocenters. The molecule has 3 heterocycles. The van der Waals surface area contributed by atoms with Crippen LogP contribution in [0.4, 0.5) is 5.95 Å². The Morgan fingerprint density at radius 1 is 1.17 bits per heavy atom. The summed E-state index contributed by atoms with van der Waals surface area (Å²) in [6, 6.07) is 0.305. The highest BCUT2D eigenvalue weighted by Gasteiger charge is 2.10. The summed E-state index contributed by atoms with van der Waals surface area (Å²) in [6.07, 6.45) is 6.39. The van der Waals surface area contributed by atoms with E-state index in [1.165, 1.54) is 13.4 Å². The van der Waals surface area contributed by atoms with E-state index in [0.717, 1.165) is 11.1 Å². The van der Waals surface area contributed by atoms with Crippen molar-refractivity contribution >= 4 is 11.6 Å². The molecule has 0 aromatic carbocycles. The average molecular weight is 243 g/mol. The summed E-state index contributed by atoms with van der Waals surface area (Å²) in [5, 5.41) is 7.81. The minimum absolute atomic E-state index is 0.305. The molecule has 0 fully saturated rings.